The van der Waals surface area contributed by atoms with Gasteiger partial charge < -0.3 is 5.11 Å². The standard InChI is InChI=1S/C18H12ClIN4O2/c1-10-3-2-4-12(19)16(10)24(18(25)26)17-15-8-21-9-23(15)14-7-11(20)5-6-13(14)22-17/h2-9H,1H3,(H,25,26). The van der Waals surface area contributed by atoms with Crippen molar-refractivity contribution in [1.82, 2.24) is 14.4 Å². The lowest BCUT2D eigenvalue weighted by molar-refractivity contribution is 0.204. The Hall–Kier alpha value is -2.39. The summed E-state index contributed by atoms with van der Waals surface area (Å²) in [5, 5.41) is 10.3. The van der Waals surface area contributed by atoms with Crippen LogP contribution in [0.4, 0.5) is 16.3 Å². The Morgan fingerprint density at radius 3 is 2.81 bits per heavy atom. The van der Waals surface area contributed by atoms with Crippen molar-refractivity contribution in [2.45, 2.75) is 6.92 Å². The second kappa shape index (κ2) is 6.40. The highest BCUT2D eigenvalue weighted by molar-refractivity contribution is 14.1. The number of rotatable bonds is 2. The van der Waals surface area contributed by atoms with E-state index in [1.165, 1.54) is 0 Å². The Bertz CT molecular complexity index is 1150. The van der Waals surface area contributed by atoms with E-state index in [4.69, 9.17) is 11.6 Å². The zero-order valence-electron chi connectivity index (χ0n) is 13.5. The van der Waals surface area contributed by atoms with Crippen molar-refractivity contribution >= 4 is 68.3 Å². The highest BCUT2D eigenvalue weighted by Gasteiger charge is 2.26. The van der Waals surface area contributed by atoms with Gasteiger partial charge in [-0.05, 0) is 59.3 Å². The second-order valence-corrected chi connectivity index (χ2v) is 7.39. The summed E-state index contributed by atoms with van der Waals surface area (Å²) in [5.74, 6) is 0.264. The summed E-state index contributed by atoms with van der Waals surface area (Å²) in [4.78, 5) is 22.1. The molecule has 1 N–H and O–H groups in total. The molecule has 0 unspecified atom stereocenters. The molecule has 6 nitrogen and oxygen atoms in total. The van der Waals surface area contributed by atoms with Crippen LogP contribution in [-0.2, 0) is 0 Å². The molecule has 0 aliphatic heterocycles. The van der Waals surface area contributed by atoms with Gasteiger partial charge in [0.05, 0.1) is 34.3 Å². The number of hydrogen-bond donors (Lipinski definition) is 1. The minimum atomic E-state index is -1.17. The molecule has 4 aromatic rings. The minimum absolute atomic E-state index is 0.264. The van der Waals surface area contributed by atoms with E-state index in [9.17, 15) is 9.90 Å². The maximum Gasteiger partial charge on any atom is 0.417 e. The first kappa shape index (κ1) is 17.0. The van der Waals surface area contributed by atoms with Crippen molar-refractivity contribution in [3.05, 3.63) is 63.1 Å². The summed E-state index contributed by atoms with van der Waals surface area (Å²) in [6.07, 6.45) is 2.09. The number of imidazole rings is 1. The largest absolute Gasteiger partial charge is 0.464 e. The SMILES string of the molecule is Cc1cccc(Cl)c1N(C(=O)O)c1nc2ccc(I)cc2n2cncc12. The number of amides is 1. The van der Waals surface area contributed by atoms with Gasteiger partial charge in [-0.2, -0.15) is 0 Å². The van der Waals surface area contributed by atoms with Gasteiger partial charge in [0.25, 0.3) is 0 Å². The highest BCUT2D eigenvalue weighted by atomic mass is 127. The maximum absolute atomic E-state index is 12.2. The number of nitrogens with zero attached hydrogens (tertiary/aromatic N) is 4. The summed E-state index contributed by atoms with van der Waals surface area (Å²) in [6, 6.07) is 11.0. The van der Waals surface area contributed by atoms with Crippen molar-refractivity contribution in [3.63, 3.8) is 0 Å². The number of fused-ring (bicyclic) bond motifs is 3. The maximum atomic E-state index is 12.2. The molecule has 26 heavy (non-hydrogen) atoms. The molecule has 0 fully saturated rings. The molecule has 0 saturated heterocycles. The first-order valence-electron chi connectivity index (χ1n) is 7.67. The van der Waals surface area contributed by atoms with Gasteiger partial charge in [-0.15, -0.1) is 0 Å². The number of anilines is 2. The molecule has 0 atom stereocenters. The lowest BCUT2D eigenvalue weighted by Gasteiger charge is -2.23. The molecule has 0 bridgehead atoms. The molecule has 2 aromatic heterocycles. The van der Waals surface area contributed by atoms with Crippen molar-refractivity contribution in [1.29, 1.82) is 0 Å². The molecule has 4 rings (SSSR count). The Kier molecular flexibility index (Phi) is 4.20. The van der Waals surface area contributed by atoms with Crippen LogP contribution in [0.1, 0.15) is 5.56 Å². The first-order valence-corrected chi connectivity index (χ1v) is 9.12. The molecule has 1 amide bonds. The molecule has 2 aromatic carbocycles. The summed E-state index contributed by atoms with van der Waals surface area (Å²) < 4.78 is 2.89. The number of hydrogen-bond acceptors (Lipinski definition) is 3. The Balaban J connectivity index is 2.09. The number of benzene rings is 2. The number of carbonyl (C=O) groups is 1. The van der Waals surface area contributed by atoms with Gasteiger partial charge in [0, 0.05) is 3.57 Å². The molecule has 8 heteroatoms. The second-order valence-electron chi connectivity index (χ2n) is 5.74. The third-order valence-corrected chi connectivity index (χ3v) is 5.08. The average Bonchev–Trinajstić information content (AvgIpc) is 3.08. The van der Waals surface area contributed by atoms with Crippen LogP contribution < -0.4 is 4.90 Å². The van der Waals surface area contributed by atoms with Crippen LogP contribution in [0.2, 0.25) is 5.02 Å². The number of carboxylic acid groups (broad SMARTS) is 1. The van der Waals surface area contributed by atoms with Gasteiger partial charge in [0.1, 0.15) is 5.52 Å². The van der Waals surface area contributed by atoms with E-state index < -0.39 is 6.09 Å². The minimum Gasteiger partial charge on any atom is -0.464 e. The van der Waals surface area contributed by atoms with Crippen LogP contribution in [0.25, 0.3) is 16.6 Å². The van der Waals surface area contributed by atoms with Gasteiger partial charge in [-0.25, -0.2) is 19.7 Å². The van der Waals surface area contributed by atoms with Crippen LogP contribution in [0.5, 0.6) is 0 Å². The van der Waals surface area contributed by atoms with Crippen molar-refractivity contribution < 1.29 is 9.90 Å². The van der Waals surface area contributed by atoms with Crippen LogP contribution in [0, 0.1) is 10.5 Å². The monoisotopic (exact) mass is 478 g/mol. The predicted molar refractivity (Wildman–Crippen MR) is 110 cm³/mol. The molecule has 0 saturated carbocycles. The Labute approximate surface area is 167 Å². The quantitative estimate of drug-likeness (QED) is 0.399. The van der Waals surface area contributed by atoms with E-state index in [0.717, 1.165) is 19.6 Å². The zero-order chi connectivity index (χ0) is 18.4. The molecule has 130 valence electrons. The van der Waals surface area contributed by atoms with Gasteiger partial charge in [-0.3, -0.25) is 4.40 Å². The van der Waals surface area contributed by atoms with Crippen molar-refractivity contribution in [2.24, 2.45) is 0 Å². The topological polar surface area (TPSA) is 70.7 Å². The third kappa shape index (κ3) is 2.67. The van der Waals surface area contributed by atoms with Gasteiger partial charge in [0.15, 0.2) is 5.82 Å². The molecule has 0 radical (unpaired) electrons. The summed E-state index contributed by atoms with van der Waals surface area (Å²) in [7, 11) is 0. The molecule has 0 spiro atoms. The number of aryl methyl sites for hydroxylation is 1. The lowest BCUT2D eigenvalue weighted by Crippen LogP contribution is -2.26. The lowest BCUT2D eigenvalue weighted by atomic mass is 10.2. The fourth-order valence-electron chi connectivity index (χ4n) is 2.97. The zero-order valence-corrected chi connectivity index (χ0v) is 16.4. The van der Waals surface area contributed by atoms with Crippen LogP contribution in [0.15, 0.2) is 48.9 Å². The number of aromatic nitrogens is 3. The van der Waals surface area contributed by atoms with E-state index in [1.54, 1.807) is 24.7 Å². The molecule has 0 aliphatic carbocycles. The van der Waals surface area contributed by atoms with E-state index in [0.29, 0.717) is 21.7 Å². The van der Waals surface area contributed by atoms with E-state index in [-0.39, 0.29) is 5.82 Å². The average molecular weight is 479 g/mol. The van der Waals surface area contributed by atoms with E-state index >= 15 is 0 Å². The predicted octanol–water partition coefficient (Wildman–Crippen LogP) is 5.27. The molecular formula is C18H12ClIN4O2. The highest BCUT2D eigenvalue weighted by Crippen LogP contribution is 2.37. The van der Waals surface area contributed by atoms with Crippen LogP contribution >= 0.6 is 34.2 Å². The number of halogens is 2. The van der Waals surface area contributed by atoms with Gasteiger partial charge in [0.2, 0.25) is 0 Å². The molecule has 2 heterocycles. The van der Waals surface area contributed by atoms with Crippen LogP contribution in [-0.4, -0.2) is 25.6 Å². The smallest absolute Gasteiger partial charge is 0.417 e. The molecule has 0 aliphatic rings. The van der Waals surface area contributed by atoms with Gasteiger partial charge in [-0.1, -0.05) is 23.7 Å². The van der Waals surface area contributed by atoms with Crippen molar-refractivity contribution in [2.75, 3.05) is 4.90 Å². The summed E-state index contributed by atoms with van der Waals surface area (Å²) in [5.41, 5.74) is 3.24. The van der Waals surface area contributed by atoms with Crippen LogP contribution in [0.3, 0.4) is 0 Å². The van der Waals surface area contributed by atoms with Crippen molar-refractivity contribution in [3.8, 4) is 0 Å². The van der Waals surface area contributed by atoms with E-state index in [2.05, 4.69) is 32.6 Å². The Morgan fingerprint density at radius 2 is 2.08 bits per heavy atom. The first-order chi connectivity index (χ1) is 12.5. The summed E-state index contributed by atoms with van der Waals surface area (Å²) >= 11 is 8.55. The van der Waals surface area contributed by atoms with E-state index in [1.807, 2.05) is 35.6 Å². The number of para-hydroxylation sites is 1. The molecular weight excluding hydrogens is 467 g/mol. The Morgan fingerprint density at radius 1 is 1.27 bits per heavy atom. The third-order valence-electron chi connectivity index (χ3n) is 4.11. The fraction of sp³-hybridized carbons (Fsp3) is 0.0556. The normalized spacial score (nSPS) is 11.2. The summed E-state index contributed by atoms with van der Waals surface area (Å²) in [6.45, 7) is 1.81. The van der Waals surface area contributed by atoms with Gasteiger partial charge >= 0.3 is 6.09 Å². The fourth-order valence-corrected chi connectivity index (χ4v) is 3.75.